The van der Waals surface area contributed by atoms with Gasteiger partial charge in [0.05, 0.1) is 13.7 Å². The molecule has 6 nitrogen and oxygen atoms in total. The van der Waals surface area contributed by atoms with E-state index < -0.39 is 0 Å². The number of hydrogen-bond acceptors (Lipinski definition) is 3. The summed E-state index contributed by atoms with van der Waals surface area (Å²) in [5, 5.41) is 9.60. The number of carbonyl (C=O) groups excluding carboxylic acids is 1. The Morgan fingerprint density at radius 3 is 2.65 bits per heavy atom. The standard InChI is InChI=1S/C16H25ClN4O2/c1-4-8-19-15(22)11-21-16(18-2)20-9-7-12-5-6-13(23-3)10-14(12)17/h5-6,10H,4,7-9,11H2,1-3H3,(H,19,22)(H2,18,20,21). The maximum absolute atomic E-state index is 11.5. The highest BCUT2D eigenvalue weighted by Crippen LogP contribution is 2.22. The molecule has 0 fully saturated rings. The van der Waals surface area contributed by atoms with Crippen LogP contribution < -0.4 is 20.7 Å². The van der Waals surface area contributed by atoms with E-state index in [0.29, 0.717) is 24.1 Å². The number of nitrogens with zero attached hydrogens (tertiary/aromatic N) is 1. The monoisotopic (exact) mass is 340 g/mol. The van der Waals surface area contributed by atoms with E-state index in [1.54, 1.807) is 20.2 Å². The molecule has 1 aromatic carbocycles. The molecule has 0 aliphatic carbocycles. The number of ether oxygens (including phenoxy) is 1. The molecule has 7 heteroatoms. The minimum atomic E-state index is -0.0481. The quantitative estimate of drug-likeness (QED) is 0.496. The highest BCUT2D eigenvalue weighted by molar-refractivity contribution is 6.31. The Morgan fingerprint density at radius 1 is 1.26 bits per heavy atom. The van der Waals surface area contributed by atoms with Crippen LogP contribution in [0, 0.1) is 0 Å². The average Bonchev–Trinajstić information content (AvgIpc) is 2.57. The van der Waals surface area contributed by atoms with Crippen molar-refractivity contribution in [2.45, 2.75) is 19.8 Å². The predicted octanol–water partition coefficient (Wildman–Crippen LogP) is 1.58. The highest BCUT2D eigenvalue weighted by Gasteiger charge is 2.05. The zero-order chi connectivity index (χ0) is 17.1. The average molecular weight is 341 g/mol. The second-order valence-corrected chi connectivity index (χ2v) is 5.32. The Balaban J connectivity index is 2.36. The van der Waals surface area contributed by atoms with Gasteiger partial charge in [0.25, 0.3) is 0 Å². The summed E-state index contributed by atoms with van der Waals surface area (Å²) in [7, 11) is 3.28. The summed E-state index contributed by atoms with van der Waals surface area (Å²) in [6.07, 6.45) is 1.66. The molecule has 0 unspecified atom stereocenters. The van der Waals surface area contributed by atoms with Crippen molar-refractivity contribution < 1.29 is 9.53 Å². The van der Waals surface area contributed by atoms with Crippen molar-refractivity contribution in [1.82, 2.24) is 16.0 Å². The second-order valence-electron chi connectivity index (χ2n) is 4.91. The van der Waals surface area contributed by atoms with Crippen LogP contribution in [0.15, 0.2) is 23.2 Å². The van der Waals surface area contributed by atoms with Gasteiger partial charge in [-0.25, -0.2) is 0 Å². The van der Waals surface area contributed by atoms with Crippen LogP contribution in [0.1, 0.15) is 18.9 Å². The van der Waals surface area contributed by atoms with Crippen LogP contribution in [0.5, 0.6) is 5.75 Å². The van der Waals surface area contributed by atoms with Gasteiger partial charge in [-0.1, -0.05) is 24.6 Å². The minimum absolute atomic E-state index is 0.0481. The van der Waals surface area contributed by atoms with Crippen LogP contribution in [0.3, 0.4) is 0 Å². The minimum Gasteiger partial charge on any atom is -0.497 e. The molecule has 0 radical (unpaired) electrons. The molecule has 0 spiro atoms. The molecule has 0 saturated carbocycles. The molecule has 0 bridgehead atoms. The van der Waals surface area contributed by atoms with Gasteiger partial charge in [-0.2, -0.15) is 0 Å². The van der Waals surface area contributed by atoms with Crippen LogP contribution in [0.4, 0.5) is 0 Å². The molecule has 0 aliphatic heterocycles. The third-order valence-corrected chi connectivity index (χ3v) is 3.51. The third kappa shape index (κ3) is 7.23. The molecule has 1 amide bonds. The number of rotatable bonds is 8. The number of amides is 1. The number of guanidine groups is 1. The van der Waals surface area contributed by atoms with E-state index >= 15 is 0 Å². The second kappa shape index (κ2) is 10.7. The van der Waals surface area contributed by atoms with Gasteiger partial charge in [0.1, 0.15) is 5.75 Å². The molecule has 128 valence electrons. The first-order valence-corrected chi connectivity index (χ1v) is 8.02. The number of hydrogen-bond donors (Lipinski definition) is 3. The van der Waals surface area contributed by atoms with E-state index in [1.165, 1.54) is 0 Å². The zero-order valence-electron chi connectivity index (χ0n) is 13.9. The van der Waals surface area contributed by atoms with Crippen molar-refractivity contribution in [2.75, 3.05) is 33.8 Å². The molecule has 3 N–H and O–H groups in total. The van der Waals surface area contributed by atoms with E-state index in [0.717, 1.165) is 24.2 Å². The predicted molar refractivity (Wildman–Crippen MR) is 94.4 cm³/mol. The largest absolute Gasteiger partial charge is 0.497 e. The lowest BCUT2D eigenvalue weighted by atomic mass is 10.1. The zero-order valence-corrected chi connectivity index (χ0v) is 14.7. The van der Waals surface area contributed by atoms with Crippen molar-refractivity contribution in [2.24, 2.45) is 4.99 Å². The van der Waals surface area contributed by atoms with E-state index in [2.05, 4.69) is 20.9 Å². The Bertz CT molecular complexity index is 535. The Labute approximate surface area is 142 Å². The summed E-state index contributed by atoms with van der Waals surface area (Å²) in [4.78, 5) is 15.6. The van der Waals surface area contributed by atoms with Gasteiger partial charge in [0.2, 0.25) is 5.91 Å². The van der Waals surface area contributed by atoms with E-state index in [4.69, 9.17) is 16.3 Å². The van der Waals surface area contributed by atoms with Crippen molar-refractivity contribution in [3.05, 3.63) is 28.8 Å². The maximum atomic E-state index is 11.5. The van der Waals surface area contributed by atoms with Crippen LogP contribution in [0.25, 0.3) is 0 Å². The molecular weight excluding hydrogens is 316 g/mol. The molecule has 23 heavy (non-hydrogen) atoms. The van der Waals surface area contributed by atoms with Crippen molar-refractivity contribution in [3.8, 4) is 5.75 Å². The fraction of sp³-hybridized carbons (Fsp3) is 0.500. The fourth-order valence-electron chi connectivity index (χ4n) is 1.88. The van der Waals surface area contributed by atoms with E-state index in [-0.39, 0.29) is 12.5 Å². The summed E-state index contributed by atoms with van der Waals surface area (Å²) in [6, 6.07) is 5.62. The van der Waals surface area contributed by atoms with Crippen molar-refractivity contribution in [1.29, 1.82) is 0 Å². The first-order valence-electron chi connectivity index (χ1n) is 7.64. The lowest BCUT2D eigenvalue weighted by Crippen LogP contribution is -2.43. The molecule has 1 rings (SSSR count). The summed E-state index contributed by atoms with van der Waals surface area (Å²) in [5.74, 6) is 1.27. The van der Waals surface area contributed by atoms with Gasteiger partial charge in [0.15, 0.2) is 5.96 Å². The summed E-state index contributed by atoms with van der Waals surface area (Å²) < 4.78 is 5.13. The number of aliphatic imine (C=N–C) groups is 1. The van der Waals surface area contributed by atoms with E-state index in [9.17, 15) is 4.79 Å². The lowest BCUT2D eigenvalue weighted by molar-refractivity contribution is -0.120. The third-order valence-electron chi connectivity index (χ3n) is 3.16. The van der Waals surface area contributed by atoms with Gasteiger partial charge < -0.3 is 20.7 Å². The van der Waals surface area contributed by atoms with Gasteiger partial charge in [-0.05, 0) is 30.5 Å². The summed E-state index contributed by atoms with van der Waals surface area (Å²) in [5.41, 5.74) is 1.02. The topological polar surface area (TPSA) is 74.8 Å². The SMILES string of the molecule is CCCNC(=O)CNC(=NC)NCCc1ccc(OC)cc1Cl. The van der Waals surface area contributed by atoms with Gasteiger partial charge >= 0.3 is 0 Å². The fourth-order valence-corrected chi connectivity index (χ4v) is 2.15. The molecule has 0 heterocycles. The van der Waals surface area contributed by atoms with Crippen LogP contribution in [0.2, 0.25) is 5.02 Å². The first-order chi connectivity index (χ1) is 11.1. The lowest BCUT2D eigenvalue weighted by Gasteiger charge is -2.12. The van der Waals surface area contributed by atoms with E-state index in [1.807, 2.05) is 19.1 Å². The van der Waals surface area contributed by atoms with Gasteiger partial charge in [-0.3, -0.25) is 9.79 Å². The molecule has 0 aliphatic rings. The molecule has 1 aromatic rings. The molecular formula is C16H25ClN4O2. The number of benzene rings is 1. The number of nitrogens with one attached hydrogen (secondary N) is 3. The Kier molecular flexibility index (Phi) is 8.90. The van der Waals surface area contributed by atoms with Crippen molar-refractivity contribution in [3.63, 3.8) is 0 Å². The Hall–Kier alpha value is -1.95. The van der Waals surface area contributed by atoms with Crippen LogP contribution in [-0.2, 0) is 11.2 Å². The number of methoxy groups -OCH3 is 1. The Morgan fingerprint density at radius 2 is 2.04 bits per heavy atom. The number of halogens is 1. The summed E-state index contributed by atoms with van der Waals surface area (Å²) in [6.45, 7) is 3.55. The van der Waals surface area contributed by atoms with Crippen LogP contribution in [-0.4, -0.2) is 45.7 Å². The maximum Gasteiger partial charge on any atom is 0.239 e. The molecule has 0 aromatic heterocycles. The normalized spacial score (nSPS) is 11.0. The van der Waals surface area contributed by atoms with Gasteiger partial charge in [0, 0.05) is 25.2 Å². The first kappa shape index (κ1) is 19.1. The molecule has 0 atom stereocenters. The smallest absolute Gasteiger partial charge is 0.239 e. The molecule has 0 saturated heterocycles. The summed E-state index contributed by atoms with van der Waals surface area (Å²) >= 11 is 6.20. The van der Waals surface area contributed by atoms with Gasteiger partial charge in [-0.15, -0.1) is 0 Å². The highest BCUT2D eigenvalue weighted by atomic mass is 35.5. The number of carbonyl (C=O) groups is 1. The van der Waals surface area contributed by atoms with Crippen LogP contribution >= 0.6 is 11.6 Å². The van der Waals surface area contributed by atoms with Crippen molar-refractivity contribution >= 4 is 23.5 Å².